The Labute approximate surface area is 134 Å². The van der Waals surface area contributed by atoms with Crippen LogP contribution in [0.25, 0.3) is 11.0 Å². The maximum Gasteiger partial charge on any atom is 0.406 e. The smallest absolute Gasteiger partial charge is 0.381 e. The first-order chi connectivity index (χ1) is 10.8. The molecule has 1 atom stereocenters. The van der Waals surface area contributed by atoms with Crippen molar-refractivity contribution >= 4 is 34.5 Å². The topological polar surface area (TPSA) is 56.2 Å². The van der Waals surface area contributed by atoms with E-state index in [1.165, 1.54) is 18.2 Å². The normalized spacial score (nSPS) is 18.5. The van der Waals surface area contributed by atoms with Gasteiger partial charge < -0.3 is 9.30 Å². The lowest BCUT2D eigenvalue weighted by atomic mass is 10.1. The van der Waals surface area contributed by atoms with Crippen molar-refractivity contribution in [3.63, 3.8) is 0 Å². The molecule has 23 heavy (non-hydrogen) atoms. The molecule has 1 saturated heterocycles. The molecule has 1 fully saturated rings. The minimum absolute atomic E-state index is 0.165. The number of ether oxygens (including phenoxy) is 1. The predicted octanol–water partition coefficient (Wildman–Crippen LogP) is 3.23. The van der Waals surface area contributed by atoms with Crippen LogP contribution in [0.5, 0.6) is 0 Å². The van der Waals surface area contributed by atoms with Crippen LogP contribution in [0.15, 0.2) is 18.2 Å². The minimum atomic E-state index is -4.45. The number of hydrogen-bond acceptors (Lipinski definition) is 3. The Balaban J connectivity index is 1.98. The van der Waals surface area contributed by atoms with Crippen LogP contribution in [0.4, 0.5) is 19.1 Å². The lowest BCUT2D eigenvalue weighted by Crippen LogP contribution is -2.26. The van der Waals surface area contributed by atoms with Crippen LogP contribution in [0, 0.1) is 5.92 Å². The van der Waals surface area contributed by atoms with Crippen molar-refractivity contribution in [3.8, 4) is 0 Å². The summed E-state index contributed by atoms with van der Waals surface area (Å²) in [6.45, 7) is -0.546. The zero-order valence-electron chi connectivity index (χ0n) is 11.9. The molecule has 1 aliphatic heterocycles. The second-order valence-electron chi connectivity index (χ2n) is 5.29. The van der Waals surface area contributed by atoms with Gasteiger partial charge in [0.05, 0.1) is 23.1 Å². The van der Waals surface area contributed by atoms with Crippen molar-refractivity contribution in [1.82, 2.24) is 9.55 Å². The summed E-state index contributed by atoms with van der Waals surface area (Å²) >= 11 is 5.99. The lowest BCUT2D eigenvalue weighted by Gasteiger charge is -2.13. The maximum atomic E-state index is 12.9. The van der Waals surface area contributed by atoms with E-state index in [1.807, 2.05) is 0 Å². The molecule has 0 bridgehead atoms. The zero-order chi connectivity index (χ0) is 16.6. The van der Waals surface area contributed by atoms with Gasteiger partial charge in [-0.15, -0.1) is 0 Å². The number of aromatic nitrogens is 2. The molecule has 1 aromatic heterocycles. The van der Waals surface area contributed by atoms with Crippen LogP contribution < -0.4 is 5.32 Å². The molecule has 0 aliphatic carbocycles. The first-order valence-electron chi connectivity index (χ1n) is 6.95. The van der Waals surface area contributed by atoms with E-state index in [0.29, 0.717) is 13.0 Å². The summed E-state index contributed by atoms with van der Waals surface area (Å²) in [5, 5.41) is 2.69. The fourth-order valence-corrected chi connectivity index (χ4v) is 2.71. The molecule has 0 saturated carbocycles. The van der Waals surface area contributed by atoms with Crippen molar-refractivity contribution in [2.75, 3.05) is 18.5 Å². The number of carbonyl (C=O) groups excluding carboxylic acids is 1. The molecule has 1 N–H and O–H groups in total. The lowest BCUT2D eigenvalue weighted by molar-refractivity contribution is -0.139. The Bertz CT molecular complexity index is 739. The summed E-state index contributed by atoms with van der Waals surface area (Å²) in [6.07, 6.45) is -3.92. The summed E-state index contributed by atoms with van der Waals surface area (Å²) in [5.41, 5.74) is 0.434. The maximum absolute atomic E-state index is 12.9. The first kappa shape index (κ1) is 16.1. The number of halogens is 4. The highest BCUT2D eigenvalue weighted by Crippen LogP contribution is 2.30. The molecule has 124 valence electrons. The number of alkyl halides is 3. The van der Waals surface area contributed by atoms with E-state index in [0.717, 1.165) is 4.57 Å². The van der Waals surface area contributed by atoms with Crippen molar-refractivity contribution < 1.29 is 22.7 Å². The highest BCUT2D eigenvalue weighted by Gasteiger charge is 2.32. The number of carbonyl (C=O) groups is 1. The molecular formula is C14H13ClF3N3O2. The summed E-state index contributed by atoms with van der Waals surface area (Å²) < 4.78 is 44.6. The third-order valence-electron chi connectivity index (χ3n) is 3.60. The largest absolute Gasteiger partial charge is 0.406 e. The zero-order valence-corrected chi connectivity index (χ0v) is 12.6. The standard InChI is InChI=1S/C14H13ClF3N3O2/c15-9-2-1-3-10-11(9)19-13(21(10)7-14(16,17)18)20-12(22)8-4-5-23-6-8/h1-3,8H,4-7H2,(H,19,20,22)/t8-/m1/s1. The van der Waals surface area contributed by atoms with Crippen molar-refractivity contribution in [3.05, 3.63) is 23.2 Å². The van der Waals surface area contributed by atoms with Gasteiger partial charge in [-0.05, 0) is 18.6 Å². The summed E-state index contributed by atoms with van der Waals surface area (Å²) in [7, 11) is 0. The van der Waals surface area contributed by atoms with E-state index in [9.17, 15) is 18.0 Å². The van der Waals surface area contributed by atoms with E-state index in [2.05, 4.69) is 10.3 Å². The van der Waals surface area contributed by atoms with E-state index in [4.69, 9.17) is 16.3 Å². The Morgan fingerprint density at radius 1 is 1.48 bits per heavy atom. The number of fused-ring (bicyclic) bond motifs is 1. The van der Waals surface area contributed by atoms with Crippen molar-refractivity contribution in [1.29, 1.82) is 0 Å². The number of hydrogen-bond donors (Lipinski definition) is 1. The van der Waals surface area contributed by atoms with Crippen LogP contribution in [-0.2, 0) is 16.1 Å². The van der Waals surface area contributed by atoms with Crippen LogP contribution in [0.3, 0.4) is 0 Å². The van der Waals surface area contributed by atoms with Crippen LogP contribution in [-0.4, -0.2) is 34.8 Å². The summed E-state index contributed by atoms with van der Waals surface area (Å²) in [6, 6.07) is 4.55. The Hall–Kier alpha value is -1.80. The molecule has 0 radical (unpaired) electrons. The third kappa shape index (κ3) is 3.42. The van der Waals surface area contributed by atoms with E-state index in [-0.39, 0.29) is 34.5 Å². The molecule has 5 nitrogen and oxygen atoms in total. The molecule has 1 aliphatic rings. The van der Waals surface area contributed by atoms with Gasteiger partial charge in [-0.2, -0.15) is 13.2 Å². The number of nitrogens with one attached hydrogen (secondary N) is 1. The Morgan fingerprint density at radius 3 is 2.91 bits per heavy atom. The van der Waals surface area contributed by atoms with Crippen LogP contribution >= 0.6 is 11.6 Å². The van der Waals surface area contributed by atoms with Crippen molar-refractivity contribution in [2.24, 2.45) is 5.92 Å². The van der Waals surface area contributed by atoms with Gasteiger partial charge in [0.2, 0.25) is 11.9 Å². The summed E-state index contributed by atoms with van der Waals surface area (Å²) in [4.78, 5) is 16.2. The van der Waals surface area contributed by atoms with Gasteiger partial charge >= 0.3 is 6.18 Å². The Kier molecular flexibility index (Phi) is 4.20. The van der Waals surface area contributed by atoms with Gasteiger partial charge in [-0.3, -0.25) is 10.1 Å². The molecule has 1 amide bonds. The van der Waals surface area contributed by atoms with Crippen LogP contribution in [0.2, 0.25) is 5.02 Å². The average molecular weight is 348 g/mol. The highest BCUT2D eigenvalue weighted by molar-refractivity contribution is 6.35. The quantitative estimate of drug-likeness (QED) is 0.927. The monoisotopic (exact) mass is 347 g/mol. The average Bonchev–Trinajstić information content (AvgIpc) is 3.08. The number of benzene rings is 1. The molecule has 3 rings (SSSR count). The molecule has 0 spiro atoms. The van der Waals surface area contributed by atoms with E-state index >= 15 is 0 Å². The SMILES string of the molecule is O=C(Nc1nc2c(Cl)cccc2n1CC(F)(F)F)[C@@H]1CCOC1. The molecule has 1 aromatic carbocycles. The number of rotatable bonds is 3. The highest BCUT2D eigenvalue weighted by atomic mass is 35.5. The Morgan fingerprint density at radius 2 is 2.26 bits per heavy atom. The first-order valence-corrected chi connectivity index (χ1v) is 7.33. The fraction of sp³-hybridized carbons (Fsp3) is 0.429. The van der Waals surface area contributed by atoms with Gasteiger partial charge in [-0.25, -0.2) is 4.98 Å². The minimum Gasteiger partial charge on any atom is -0.381 e. The third-order valence-corrected chi connectivity index (χ3v) is 3.91. The number of anilines is 1. The van der Waals surface area contributed by atoms with Gasteiger partial charge in [-0.1, -0.05) is 17.7 Å². The van der Waals surface area contributed by atoms with E-state index < -0.39 is 18.6 Å². The number of amides is 1. The van der Waals surface area contributed by atoms with Gasteiger partial charge in [0.15, 0.2) is 0 Å². The van der Waals surface area contributed by atoms with Gasteiger partial charge in [0.25, 0.3) is 0 Å². The number of para-hydroxylation sites is 1. The van der Waals surface area contributed by atoms with Gasteiger partial charge in [0.1, 0.15) is 12.1 Å². The molecular weight excluding hydrogens is 335 g/mol. The molecule has 0 unspecified atom stereocenters. The van der Waals surface area contributed by atoms with Crippen molar-refractivity contribution in [2.45, 2.75) is 19.1 Å². The fourth-order valence-electron chi connectivity index (χ4n) is 2.50. The second kappa shape index (κ2) is 6.01. The van der Waals surface area contributed by atoms with Gasteiger partial charge in [0, 0.05) is 6.61 Å². The number of nitrogens with zero attached hydrogens (tertiary/aromatic N) is 2. The molecule has 2 aromatic rings. The van der Waals surface area contributed by atoms with E-state index in [1.54, 1.807) is 0 Å². The second-order valence-corrected chi connectivity index (χ2v) is 5.70. The number of imidazole rings is 1. The molecule has 9 heteroatoms. The van der Waals surface area contributed by atoms with Crippen LogP contribution in [0.1, 0.15) is 6.42 Å². The summed E-state index contributed by atoms with van der Waals surface area (Å²) in [5.74, 6) is -0.954. The predicted molar refractivity (Wildman–Crippen MR) is 78.4 cm³/mol. The molecule has 2 heterocycles.